The molecule has 1 N–H and O–H groups in total. The zero-order valence-electron chi connectivity index (χ0n) is 19.0. The molecule has 1 aromatic carbocycles. The molecule has 7 heteroatoms. The number of hydrogen-bond donors (Lipinski definition) is 1. The number of nitrogens with zero attached hydrogens (tertiary/aromatic N) is 5. The molecule has 0 saturated carbocycles. The normalized spacial score (nSPS) is 20.5. The van der Waals surface area contributed by atoms with Crippen LogP contribution in [0.1, 0.15) is 25.8 Å². The number of rotatable bonds is 3. The average Bonchev–Trinajstić information content (AvgIpc) is 3.28. The van der Waals surface area contributed by atoms with Crippen molar-refractivity contribution in [3.05, 3.63) is 60.4 Å². The van der Waals surface area contributed by atoms with E-state index in [1.807, 2.05) is 35.1 Å². The number of nitrogens with one attached hydrogen (secondary N) is 1. The maximum atomic E-state index is 5.98. The first-order valence-corrected chi connectivity index (χ1v) is 11.7. The molecule has 33 heavy (non-hydrogen) atoms. The van der Waals surface area contributed by atoms with E-state index in [9.17, 15) is 0 Å². The molecule has 7 nitrogen and oxygen atoms in total. The van der Waals surface area contributed by atoms with Crippen LogP contribution in [-0.4, -0.2) is 51.4 Å². The first kappa shape index (κ1) is 20.2. The van der Waals surface area contributed by atoms with Gasteiger partial charge in [0.05, 0.1) is 24.1 Å². The van der Waals surface area contributed by atoms with Crippen molar-refractivity contribution < 1.29 is 4.74 Å². The van der Waals surface area contributed by atoms with E-state index in [0.717, 1.165) is 72.1 Å². The van der Waals surface area contributed by atoms with E-state index in [0.29, 0.717) is 0 Å². The van der Waals surface area contributed by atoms with Gasteiger partial charge in [0, 0.05) is 48.1 Å². The van der Waals surface area contributed by atoms with Crippen molar-refractivity contribution in [1.82, 2.24) is 19.6 Å². The zero-order chi connectivity index (χ0) is 22.4. The molecule has 0 amide bonds. The number of anilines is 2. The summed E-state index contributed by atoms with van der Waals surface area (Å²) in [6.45, 7) is 6.91. The predicted molar refractivity (Wildman–Crippen MR) is 131 cm³/mol. The maximum absolute atomic E-state index is 5.98. The van der Waals surface area contributed by atoms with Crippen LogP contribution in [0.3, 0.4) is 0 Å². The number of morpholine rings is 1. The third-order valence-electron chi connectivity index (χ3n) is 6.48. The number of aromatic nitrogens is 4. The average molecular weight is 441 g/mol. The highest BCUT2D eigenvalue weighted by atomic mass is 16.5. The van der Waals surface area contributed by atoms with Crippen LogP contribution < -0.4 is 10.2 Å². The molecule has 3 aromatic heterocycles. The van der Waals surface area contributed by atoms with Gasteiger partial charge in [-0.2, -0.15) is 9.61 Å². The lowest BCUT2D eigenvalue weighted by Crippen LogP contribution is -2.46. The van der Waals surface area contributed by atoms with E-state index in [1.54, 1.807) is 0 Å². The van der Waals surface area contributed by atoms with Gasteiger partial charge in [-0.15, -0.1) is 0 Å². The Morgan fingerprint density at radius 2 is 1.79 bits per heavy atom. The van der Waals surface area contributed by atoms with Gasteiger partial charge in [0.25, 0.3) is 0 Å². The summed E-state index contributed by atoms with van der Waals surface area (Å²) < 4.78 is 7.95. The Morgan fingerprint density at radius 1 is 0.970 bits per heavy atom. The second kappa shape index (κ2) is 8.15. The van der Waals surface area contributed by atoms with Gasteiger partial charge in [-0.05, 0) is 32.8 Å². The summed E-state index contributed by atoms with van der Waals surface area (Å²) in [7, 11) is 0. The van der Waals surface area contributed by atoms with Crippen molar-refractivity contribution in [2.24, 2.45) is 0 Å². The maximum Gasteiger partial charge on any atom is 0.167 e. The molecular weight excluding hydrogens is 412 g/mol. The summed E-state index contributed by atoms with van der Waals surface area (Å²) in [5.41, 5.74) is 6.19. The van der Waals surface area contributed by atoms with Gasteiger partial charge >= 0.3 is 0 Å². The van der Waals surface area contributed by atoms with E-state index in [1.165, 1.54) is 5.56 Å². The Labute approximate surface area is 193 Å². The van der Waals surface area contributed by atoms with Crippen LogP contribution >= 0.6 is 0 Å². The molecule has 2 unspecified atom stereocenters. The van der Waals surface area contributed by atoms with Gasteiger partial charge in [-0.3, -0.25) is 4.98 Å². The van der Waals surface area contributed by atoms with Crippen LogP contribution in [0, 0.1) is 0 Å². The molecule has 4 aromatic rings. The molecule has 5 heterocycles. The van der Waals surface area contributed by atoms with Gasteiger partial charge in [0.2, 0.25) is 0 Å². The summed E-state index contributed by atoms with van der Waals surface area (Å²) in [4.78, 5) is 12.3. The molecular formula is C26H28N6O. The fourth-order valence-electron chi connectivity index (χ4n) is 5.05. The van der Waals surface area contributed by atoms with Crippen molar-refractivity contribution in [3.63, 3.8) is 0 Å². The lowest BCUT2D eigenvalue weighted by molar-refractivity contribution is -0.00550. The topological polar surface area (TPSA) is 67.6 Å². The minimum absolute atomic E-state index is 0.179. The SMILES string of the molecule is CC1CN(c2nc3c(-c4ccc(-c5ccccc5)nc4)cnn3c3c2CCCN3)CC(C)O1. The van der Waals surface area contributed by atoms with Crippen LogP contribution in [-0.2, 0) is 11.2 Å². The Bertz CT molecular complexity index is 1270. The van der Waals surface area contributed by atoms with Crippen LogP contribution in [0.4, 0.5) is 11.6 Å². The molecule has 0 radical (unpaired) electrons. The molecule has 0 bridgehead atoms. The van der Waals surface area contributed by atoms with E-state index in [2.05, 4.69) is 48.3 Å². The number of fused-ring (bicyclic) bond motifs is 3. The second-order valence-electron chi connectivity index (χ2n) is 9.05. The summed E-state index contributed by atoms with van der Waals surface area (Å²) in [6.07, 6.45) is 6.29. The summed E-state index contributed by atoms with van der Waals surface area (Å²) >= 11 is 0. The number of benzene rings is 1. The number of pyridine rings is 1. The standard InChI is InChI=1S/C26H28N6O/c1-17-15-31(16-18(2)33-17)25-21-9-6-12-27-24(21)32-26(30-25)22(14-29-32)20-10-11-23(28-13-20)19-7-4-3-5-8-19/h3-5,7-8,10-11,13-14,17-18,27H,6,9,12,15-16H2,1-2H3. The van der Waals surface area contributed by atoms with E-state index in [-0.39, 0.29) is 12.2 Å². The molecule has 6 rings (SSSR count). The molecule has 2 atom stereocenters. The van der Waals surface area contributed by atoms with Gasteiger partial charge in [-0.1, -0.05) is 36.4 Å². The molecule has 0 aliphatic carbocycles. The Kier molecular flexibility index (Phi) is 4.99. The molecule has 168 valence electrons. The summed E-state index contributed by atoms with van der Waals surface area (Å²) in [5.74, 6) is 2.12. The van der Waals surface area contributed by atoms with Crippen molar-refractivity contribution in [2.75, 3.05) is 29.9 Å². The molecule has 0 spiro atoms. The fourth-order valence-corrected chi connectivity index (χ4v) is 5.05. The third kappa shape index (κ3) is 3.62. The van der Waals surface area contributed by atoms with Crippen molar-refractivity contribution in [2.45, 2.75) is 38.9 Å². The quantitative estimate of drug-likeness (QED) is 0.508. The van der Waals surface area contributed by atoms with Crippen LogP contribution in [0.15, 0.2) is 54.9 Å². The predicted octanol–water partition coefficient (Wildman–Crippen LogP) is 4.43. The Morgan fingerprint density at radius 3 is 2.55 bits per heavy atom. The van der Waals surface area contributed by atoms with Crippen molar-refractivity contribution in [1.29, 1.82) is 0 Å². The Balaban J connectivity index is 1.45. The lowest BCUT2D eigenvalue weighted by atomic mass is 10.1. The zero-order valence-corrected chi connectivity index (χ0v) is 19.0. The minimum atomic E-state index is 0.179. The monoisotopic (exact) mass is 440 g/mol. The van der Waals surface area contributed by atoms with Crippen LogP contribution in [0.2, 0.25) is 0 Å². The Hall–Kier alpha value is -3.45. The highest BCUT2D eigenvalue weighted by Gasteiger charge is 2.29. The van der Waals surface area contributed by atoms with Crippen LogP contribution in [0.5, 0.6) is 0 Å². The molecule has 2 aliphatic heterocycles. The lowest BCUT2D eigenvalue weighted by Gasteiger charge is -2.37. The highest BCUT2D eigenvalue weighted by molar-refractivity contribution is 5.81. The minimum Gasteiger partial charge on any atom is -0.372 e. The smallest absolute Gasteiger partial charge is 0.167 e. The van der Waals surface area contributed by atoms with Crippen molar-refractivity contribution >= 4 is 17.3 Å². The van der Waals surface area contributed by atoms with Gasteiger partial charge < -0.3 is 15.0 Å². The first-order chi connectivity index (χ1) is 16.2. The summed E-state index contributed by atoms with van der Waals surface area (Å²) in [5, 5.41) is 8.32. The first-order valence-electron chi connectivity index (χ1n) is 11.7. The largest absolute Gasteiger partial charge is 0.372 e. The van der Waals surface area contributed by atoms with Gasteiger partial charge in [0.1, 0.15) is 11.6 Å². The van der Waals surface area contributed by atoms with E-state index < -0.39 is 0 Å². The highest BCUT2D eigenvalue weighted by Crippen LogP contribution is 2.35. The van der Waals surface area contributed by atoms with Crippen molar-refractivity contribution in [3.8, 4) is 22.4 Å². The molecule has 1 saturated heterocycles. The van der Waals surface area contributed by atoms with Gasteiger partial charge in [-0.25, -0.2) is 4.98 Å². The second-order valence-corrected chi connectivity index (χ2v) is 9.05. The third-order valence-corrected chi connectivity index (χ3v) is 6.48. The van der Waals surface area contributed by atoms with E-state index >= 15 is 0 Å². The molecule has 1 fully saturated rings. The van der Waals surface area contributed by atoms with E-state index in [4.69, 9.17) is 19.8 Å². The number of ether oxygens (including phenoxy) is 1. The summed E-state index contributed by atoms with van der Waals surface area (Å²) in [6, 6.07) is 14.4. The van der Waals surface area contributed by atoms with Crippen LogP contribution in [0.25, 0.3) is 28.0 Å². The molecule has 2 aliphatic rings. The number of hydrogen-bond acceptors (Lipinski definition) is 6. The fraction of sp³-hybridized carbons (Fsp3) is 0.346. The van der Waals surface area contributed by atoms with Gasteiger partial charge in [0.15, 0.2) is 5.65 Å².